The number of carbonyl (C=O) groups excluding carboxylic acids is 4. The van der Waals surface area contributed by atoms with E-state index in [1.165, 1.54) is 27.9 Å². The molecule has 0 saturated heterocycles. The summed E-state index contributed by atoms with van der Waals surface area (Å²) in [6.07, 6.45) is -5.56. The molecule has 0 aliphatic rings. The van der Waals surface area contributed by atoms with E-state index in [2.05, 4.69) is 20.0 Å². The van der Waals surface area contributed by atoms with Crippen molar-refractivity contribution in [3.05, 3.63) is 0 Å². The van der Waals surface area contributed by atoms with Gasteiger partial charge in [0.05, 0.1) is 24.3 Å². The van der Waals surface area contributed by atoms with Crippen molar-refractivity contribution < 1.29 is 37.6 Å². The van der Waals surface area contributed by atoms with E-state index in [0.29, 0.717) is 32.9 Å². The molecule has 0 bridgehead atoms. The molecule has 0 spiro atoms. The lowest BCUT2D eigenvalue weighted by molar-refractivity contribution is 0.134. The van der Waals surface area contributed by atoms with Gasteiger partial charge in [0.25, 0.3) is 0 Å². The van der Waals surface area contributed by atoms with Gasteiger partial charge in [-0.3, -0.25) is 9.68 Å². The smallest absolute Gasteiger partial charge is 0.297 e. The summed E-state index contributed by atoms with van der Waals surface area (Å²) in [4.78, 5) is 53.4. The molecule has 0 fully saturated rings. The number of nitrogens with zero attached hydrogens (tertiary/aromatic N) is 6. The van der Waals surface area contributed by atoms with Crippen LogP contribution in [0.15, 0.2) is 10.3 Å². The van der Waals surface area contributed by atoms with E-state index < -0.39 is 24.5 Å². The quantitative estimate of drug-likeness (QED) is 0.147. The minimum atomic E-state index is -1.76. The zero-order chi connectivity index (χ0) is 22.0. The fourth-order valence-electron chi connectivity index (χ4n) is 0.960. The van der Waals surface area contributed by atoms with Crippen molar-refractivity contribution in [1.29, 1.82) is 0 Å². The van der Waals surface area contributed by atoms with E-state index >= 15 is 0 Å². The van der Waals surface area contributed by atoms with Crippen LogP contribution < -0.4 is 0 Å². The lowest BCUT2D eigenvalue weighted by Crippen LogP contribution is -2.27. The van der Waals surface area contributed by atoms with Crippen LogP contribution in [0.1, 0.15) is 13.8 Å². The van der Waals surface area contributed by atoms with E-state index in [9.17, 15) is 28.0 Å². The molecule has 0 rings (SSSR count). The Morgan fingerprint density at radius 2 is 0.964 bits per heavy atom. The molecular formula is C12H18F2N6O6S2. The monoisotopic (exact) mass is 444 g/mol. The summed E-state index contributed by atoms with van der Waals surface area (Å²) in [5.74, 6) is 0. The van der Waals surface area contributed by atoms with Crippen LogP contribution in [0.25, 0.3) is 0 Å². The second-order valence-electron chi connectivity index (χ2n) is 4.73. The number of halogens is 2. The predicted octanol–water partition coefficient (Wildman–Crippen LogP) is 3.04. The highest BCUT2D eigenvalue weighted by molar-refractivity contribution is 7.95. The second-order valence-corrected chi connectivity index (χ2v) is 7.24. The molecule has 0 aliphatic carbocycles. The molecule has 158 valence electrons. The lowest BCUT2D eigenvalue weighted by atomic mass is 10.3. The van der Waals surface area contributed by atoms with E-state index in [-0.39, 0.29) is 11.4 Å². The van der Waals surface area contributed by atoms with Crippen molar-refractivity contribution in [2.24, 2.45) is 10.3 Å². The third kappa shape index (κ3) is 9.36. The van der Waals surface area contributed by atoms with Crippen LogP contribution in [0.2, 0.25) is 0 Å². The van der Waals surface area contributed by atoms with Gasteiger partial charge in [0.2, 0.25) is 0 Å². The minimum absolute atomic E-state index is 0.0563. The second kappa shape index (κ2) is 12.0. The first kappa shape index (κ1) is 25.4. The molecule has 0 radical (unpaired) electrons. The van der Waals surface area contributed by atoms with Crippen LogP contribution >= 0.6 is 24.3 Å². The van der Waals surface area contributed by atoms with E-state index in [1.807, 2.05) is 0 Å². The topological polar surface area (TPSA) is 124 Å². The van der Waals surface area contributed by atoms with Gasteiger partial charge in [-0.2, -0.15) is 0 Å². The Labute approximate surface area is 167 Å². The number of carbonyl (C=O) groups is 4. The Hall–Kier alpha value is -2.62. The first-order valence-corrected chi connectivity index (χ1v) is 8.54. The maximum absolute atomic E-state index is 12.4. The number of rotatable bonds is 7. The highest BCUT2D eigenvalue weighted by Gasteiger charge is 2.19. The SMILES string of the molecule is CC(=N\OC(=O)N(C)SN(C)C(=O)F)/C(C)=N/OC(=O)N(C)SN(C)C(=O)F. The average molecular weight is 444 g/mol. The molecule has 0 aromatic carbocycles. The van der Waals surface area contributed by atoms with Crippen LogP contribution in [0, 0.1) is 0 Å². The van der Waals surface area contributed by atoms with Crippen molar-refractivity contribution >= 4 is 60.2 Å². The molecule has 12 nitrogen and oxygen atoms in total. The van der Waals surface area contributed by atoms with Crippen molar-refractivity contribution in [3.8, 4) is 0 Å². The standard InChI is InChI=1S/C12H18F2N6O6S2/c1-7(15-25-11(23)19(5)27-17(3)9(13)21)8(2)16-26-12(24)20(6)28-18(4)10(14)22/h1-6H3/b15-7+,16-8+. The molecule has 28 heavy (non-hydrogen) atoms. The highest BCUT2D eigenvalue weighted by Crippen LogP contribution is 2.15. The van der Waals surface area contributed by atoms with Gasteiger partial charge >= 0.3 is 24.5 Å². The van der Waals surface area contributed by atoms with Gasteiger partial charge in [-0.15, -0.1) is 8.78 Å². The Balaban J connectivity index is 4.68. The molecular weight excluding hydrogens is 426 g/mol. The Morgan fingerprint density at radius 1 is 0.679 bits per heavy atom. The van der Waals surface area contributed by atoms with Crippen LogP contribution in [0.4, 0.5) is 28.0 Å². The molecule has 16 heteroatoms. The molecule has 4 amide bonds. The van der Waals surface area contributed by atoms with Gasteiger partial charge in [-0.1, -0.05) is 10.3 Å². The molecule has 0 aliphatic heterocycles. The van der Waals surface area contributed by atoms with E-state index in [1.54, 1.807) is 0 Å². The number of amides is 4. The highest BCUT2D eigenvalue weighted by atomic mass is 32.2. The fraction of sp³-hybridized carbons (Fsp3) is 0.500. The zero-order valence-electron chi connectivity index (χ0n) is 15.7. The maximum atomic E-state index is 12.4. The molecule has 0 N–H and O–H groups in total. The number of hydrogen-bond acceptors (Lipinski definition) is 10. The van der Waals surface area contributed by atoms with Gasteiger partial charge in [0.1, 0.15) is 11.4 Å². The summed E-state index contributed by atoms with van der Waals surface area (Å²) < 4.78 is 27.5. The first-order valence-electron chi connectivity index (χ1n) is 7.08. The normalized spacial score (nSPS) is 11.4. The van der Waals surface area contributed by atoms with Crippen molar-refractivity contribution in [3.63, 3.8) is 0 Å². The minimum Gasteiger partial charge on any atom is -0.297 e. The first-order chi connectivity index (χ1) is 12.9. The zero-order valence-corrected chi connectivity index (χ0v) is 17.3. The summed E-state index contributed by atoms with van der Waals surface area (Å²) in [5.41, 5.74) is 0.113. The van der Waals surface area contributed by atoms with Crippen molar-refractivity contribution in [2.75, 3.05) is 28.2 Å². The molecule has 0 aromatic heterocycles. The molecule has 0 atom stereocenters. The summed E-state index contributed by atoms with van der Waals surface area (Å²) >= 11 is 0.872. The maximum Gasteiger partial charge on any atom is 0.447 e. The van der Waals surface area contributed by atoms with Gasteiger partial charge in [0.15, 0.2) is 0 Å². The molecule has 0 unspecified atom stereocenters. The predicted molar refractivity (Wildman–Crippen MR) is 98.4 cm³/mol. The van der Waals surface area contributed by atoms with Gasteiger partial charge in [0, 0.05) is 28.2 Å². The average Bonchev–Trinajstić information content (AvgIpc) is 2.62. The van der Waals surface area contributed by atoms with Gasteiger partial charge < -0.3 is 0 Å². The third-order valence-electron chi connectivity index (χ3n) is 2.54. The van der Waals surface area contributed by atoms with Gasteiger partial charge in [-0.25, -0.2) is 36.4 Å². The largest absolute Gasteiger partial charge is 0.447 e. The summed E-state index contributed by atoms with van der Waals surface area (Å²) in [6, 6.07) is 0. The van der Waals surface area contributed by atoms with E-state index in [4.69, 9.17) is 0 Å². The Bertz CT molecular complexity index is 623. The molecule has 0 saturated carbocycles. The summed E-state index contributed by atoms with van der Waals surface area (Å²) in [5, 5.41) is 6.93. The van der Waals surface area contributed by atoms with E-state index in [0.717, 1.165) is 22.7 Å². The van der Waals surface area contributed by atoms with Crippen LogP contribution in [-0.2, 0) is 9.68 Å². The summed E-state index contributed by atoms with van der Waals surface area (Å²) in [6.45, 7) is 2.77. The van der Waals surface area contributed by atoms with Crippen molar-refractivity contribution in [2.45, 2.75) is 13.8 Å². The van der Waals surface area contributed by atoms with Gasteiger partial charge in [-0.05, 0) is 13.8 Å². The van der Waals surface area contributed by atoms with Crippen molar-refractivity contribution in [1.82, 2.24) is 17.2 Å². The molecule has 0 aromatic rings. The molecule has 0 heterocycles. The number of oxime groups is 2. The third-order valence-corrected chi connectivity index (χ3v) is 4.11. The fourth-order valence-corrected chi connectivity index (χ4v) is 2.02. The number of hydrogen-bond donors (Lipinski definition) is 0. The van der Waals surface area contributed by atoms with Crippen LogP contribution in [-0.4, -0.2) is 81.3 Å². The Kier molecular flexibility index (Phi) is 10.8. The van der Waals surface area contributed by atoms with Crippen LogP contribution in [0.3, 0.4) is 0 Å². The van der Waals surface area contributed by atoms with Crippen LogP contribution in [0.5, 0.6) is 0 Å². The Morgan fingerprint density at radius 3 is 1.21 bits per heavy atom. The summed E-state index contributed by atoms with van der Waals surface area (Å²) in [7, 11) is 4.64. The lowest BCUT2D eigenvalue weighted by Gasteiger charge is -2.18.